The van der Waals surface area contributed by atoms with Crippen molar-refractivity contribution in [2.45, 2.75) is 19.4 Å². The van der Waals surface area contributed by atoms with E-state index < -0.39 is 5.60 Å². The fraction of sp³-hybridized carbons (Fsp3) is 0.500. The van der Waals surface area contributed by atoms with Gasteiger partial charge < -0.3 is 19.3 Å². The molecule has 1 aromatic carbocycles. The van der Waals surface area contributed by atoms with Gasteiger partial charge in [-0.1, -0.05) is 0 Å². The van der Waals surface area contributed by atoms with Crippen molar-refractivity contribution in [3.63, 3.8) is 0 Å². The van der Waals surface area contributed by atoms with Gasteiger partial charge in [0.25, 0.3) is 0 Å². The van der Waals surface area contributed by atoms with Crippen molar-refractivity contribution >= 4 is 15.9 Å². The van der Waals surface area contributed by atoms with Crippen molar-refractivity contribution in [2.75, 3.05) is 21.3 Å². The van der Waals surface area contributed by atoms with Crippen molar-refractivity contribution in [2.24, 2.45) is 0 Å². The topological polar surface area (TPSA) is 47.9 Å². The lowest BCUT2D eigenvalue weighted by Crippen LogP contribution is -2.18. The zero-order chi connectivity index (χ0) is 13.2. The molecular formula is C12H17BrO4. The number of methoxy groups -OCH3 is 3. The second kappa shape index (κ2) is 5.14. The Hall–Kier alpha value is -0.940. The maximum atomic E-state index is 10.2. The molecule has 0 aliphatic rings. The van der Waals surface area contributed by atoms with Gasteiger partial charge in [-0.2, -0.15) is 0 Å². The molecule has 1 aromatic rings. The number of hydrogen-bond acceptors (Lipinski definition) is 4. The van der Waals surface area contributed by atoms with E-state index >= 15 is 0 Å². The average Bonchev–Trinajstić information content (AvgIpc) is 2.25. The molecule has 17 heavy (non-hydrogen) atoms. The van der Waals surface area contributed by atoms with Gasteiger partial charge in [0.2, 0.25) is 0 Å². The van der Waals surface area contributed by atoms with Crippen LogP contribution in [0, 0.1) is 0 Å². The van der Waals surface area contributed by atoms with Crippen LogP contribution in [0.15, 0.2) is 10.5 Å². The molecule has 0 heterocycles. The standard InChI is InChI=1S/C12H17BrO4/c1-12(2,14)9-7(15-3)6-8(16-4)11(17-5)10(9)13/h6,14H,1-5H3. The molecule has 0 saturated carbocycles. The fourth-order valence-electron chi connectivity index (χ4n) is 1.66. The summed E-state index contributed by atoms with van der Waals surface area (Å²) in [5.74, 6) is 1.62. The normalized spacial score (nSPS) is 11.2. The zero-order valence-electron chi connectivity index (χ0n) is 10.6. The molecule has 0 unspecified atom stereocenters. The van der Waals surface area contributed by atoms with Crippen LogP contribution in [-0.4, -0.2) is 26.4 Å². The van der Waals surface area contributed by atoms with E-state index in [4.69, 9.17) is 14.2 Å². The van der Waals surface area contributed by atoms with Crippen LogP contribution in [0.2, 0.25) is 0 Å². The summed E-state index contributed by atoms with van der Waals surface area (Å²) in [6.45, 7) is 3.36. The molecule has 1 rings (SSSR count). The molecule has 0 bridgehead atoms. The molecule has 0 fully saturated rings. The lowest BCUT2D eigenvalue weighted by molar-refractivity contribution is 0.0744. The second-order valence-corrected chi connectivity index (χ2v) is 4.86. The second-order valence-electron chi connectivity index (χ2n) is 4.06. The smallest absolute Gasteiger partial charge is 0.175 e. The van der Waals surface area contributed by atoms with E-state index in [-0.39, 0.29) is 0 Å². The van der Waals surface area contributed by atoms with Gasteiger partial charge in [0.1, 0.15) is 5.75 Å². The third-order valence-corrected chi connectivity index (χ3v) is 3.16. The predicted octanol–water partition coefficient (Wildman–Crippen LogP) is 2.70. The van der Waals surface area contributed by atoms with Crippen molar-refractivity contribution in [1.82, 2.24) is 0 Å². The quantitative estimate of drug-likeness (QED) is 0.929. The number of hydrogen-bond donors (Lipinski definition) is 1. The fourth-order valence-corrected chi connectivity index (χ4v) is 2.70. The minimum atomic E-state index is -1.05. The summed E-state index contributed by atoms with van der Waals surface area (Å²) in [4.78, 5) is 0. The first-order valence-corrected chi connectivity index (χ1v) is 5.87. The average molecular weight is 305 g/mol. The van der Waals surface area contributed by atoms with Crippen molar-refractivity contribution < 1.29 is 19.3 Å². The molecule has 0 atom stereocenters. The molecule has 0 radical (unpaired) electrons. The van der Waals surface area contributed by atoms with Crippen molar-refractivity contribution in [3.05, 3.63) is 16.1 Å². The van der Waals surface area contributed by atoms with Crippen LogP contribution in [0.5, 0.6) is 17.2 Å². The van der Waals surface area contributed by atoms with Gasteiger partial charge in [0.05, 0.1) is 31.4 Å². The molecule has 1 N–H and O–H groups in total. The predicted molar refractivity (Wildman–Crippen MR) is 69.0 cm³/mol. The van der Waals surface area contributed by atoms with Crippen LogP contribution >= 0.6 is 15.9 Å². The molecule has 0 amide bonds. The maximum Gasteiger partial charge on any atom is 0.175 e. The van der Waals surface area contributed by atoms with Crippen LogP contribution in [0.3, 0.4) is 0 Å². The van der Waals surface area contributed by atoms with Crippen LogP contribution < -0.4 is 14.2 Å². The Balaban J connectivity index is 3.59. The van der Waals surface area contributed by atoms with E-state index in [9.17, 15) is 5.11 Å². The number of benzene rings is 1. The lowest BCUT2D eigenvalue weighted by atomic mass is 9.96. The third-order valence-electron chi connectivity index (χ3n) is 2.41. The van der Waals surface area contributed by atoms with E-state index in [1.165, 1.54) is 0 Å². The highest BCUT2D eigenvalue weighted by molar-refractivity contribution is 9.10. The van der Waals surface area contributed by atoms with Gasteiger partial charge in [0, 0.05) is 11.6 Å². The molecule has 0 aliphatic carbocycles. The van der Waals surface area contributed by atoms with Crippen molar-refractivity contribution in [3.8, 4) is 17.2 Å². The van der Waals surface area contributed by atoms with Gasteiger partial charge in [-0.3, -0.25) is 0 Å². The molecule has 0 aliphatic heterocycles. The highest BCUT2D eigenvalue weighted by atomic mass is 79.9. The van der Waals surface area contributed by atoms with E-state index in [1.807, 2.05) is 0 Å². The lowest BCUT2D eigenvalue weighted by Gasteiger charge is -2.24. The van der Waals surface area contributed by atoms with Gasteiger partial charge in [-0.25, -0.2) is 0 Å². The Morgan fingerprint density at radius 3 is 1.94 bits per heavy atom. The highest BCUT2D eigenvalue weighted by Crippen LogP contribution is 2.46. The van der Waals surface area contributed by atoms with E-state index in [0.29, 0.717) is 27.3 Å². The molecule has 0 aromatic heterocycles. The first kappa shape index (κ1) is 14.1. The Bertz CT molecular complexity index is 410. The first-order valence-electron chi connectivity index (χ1n) is 5.08. The number of rotatable bonds is 4. The largest absolute Gasteiger partial charge is 0.496 e. The number of ether oxygens (including phenoxy) is 3. The molecule has 0 saturated heterocycles. The van der Waals surface area contributed by atoms with Crippen LogP contribution in [0.1, 0.15) is 19.4 Å². The summed E-state index contributed by atoms with van der Waals surface area (Å²) in [6, 6.07) is 1.69. The minimum absolute atomic E-state index is 0.533. The number of halogens is 1. The Labute approximate surface area is 110 Å². The van der Waals surface area contributed by atoms with Crippen molar-refractivity contribution in [1.29, 1.82) is 0 Å². The summed E-state index contributed by atoms with van der Waals surface area (Å²) in [6.07, 6.45) is 0. The minimum Gasteiger partial charge on any atom is -0.496 e. The SMILES string of the molecule is COc1cc(OC)c(C(C)(C)O)c(Br)c1OC. The van der Waals surface area contributed by atoms with Crippen LogP contribution in [0.4, 0.5) is 0 Å². The monoisotopic (exact) mass is 304 g/mol. The summed E-state index contributed by atoms with van der Waals surface area (Å²) in [5.41, 5.74) is -0.429. The van der Waals surface area contributed by atoms with Gasteiger partial charge in [-0.15, -0.1) is 0 Å². The first-order chi connectivity index (χ1) is 7.86. The Morgan fingerprint density at radius 2 is 1.59 bits per heavy atom. The zero-order valence-corrected chi connectivity index (χ0v) is 12.2. The van der Waals surface area contributed by atoms with E-state index in [0.717, 1.165) is 0 Å². The third kappa shape index (κ3) is 2.66. The van der Waals surface area contributed by atoms with Gasteiger partial charge in [-0.05, 0) is 29.8 Å². The Kier molecular flexibility index (Phi) is 4.27. The highest BCUT2D eigenvalue weighted by Gasteiger charge is 2.28. The summed E-state index contributed by atoms with van der Waals surface area (Å²) in [5, 5.41) is 10.2. The molecule has 0 spiro atoms. The van der Waals surface area contributed by atoms with Crippen LogP contribution in [0.25, 0.3) is 0 Å². The molecule has 4 nitrogen and oxygen atoms in total. The van der Waals surface area contributed by atoms with Crippen LogP contribution in [-0.2, 0) is 5.60 Å². The molecule has 96 valence electrons. The van der Waals surface area contributed by atoms with Gasteiger partial charge in [0.15, 0.2) is 11.5 Å². The summed E-state index contributed by atoms with van der Waals surface area (Å²) >= 11 is 3.42. The Morgan fingerprint density at radius 1 is 1.06 bits per heavy atom. The van der Waals surface area contributed by atoms with E-state index in [2.05, 4.69) is 15.9 Å². The van der Waals surface area contributed by atoms with E-state index in [1.54, 1.807) is 41.2 Å². The molecular weight excluding hydrogens is 288 g/mol. The molecule has 5 heteroatoms. The number of aliphatic hydroxyl groups is 1. The maximum absolute atomic E-state index is 10.2. The van der Waals surface area contributed by atoms with Gasteiger partial charge >= 0.3 is 0 Å². The summed E-state index contributed by atoms with van der Waals surface area (Å²) < 4.78 is 16.4. The summed E-state index contributed by atoms with van der Waals surface area (Å²) in [7, 11) is 4.64.